The third-order valence-electron chi connectivity index (χ3n) is 8.47. The molecule has 2 aliphatic rings. The lowest BCUT2D eigenvalue weighted by Crippen LogP contribution is -2.47. The van der Waals surface area contributed by atoms with Gasteiger partial charge in [-0.05, 0) is 66.3 Å². The number of aliphatic hydroxyl groups is 2. The number of hydrogen-bond acceptors (Lipinski definition) is 10. The van der Waals surface area contributed by atoms with Crippen LogP contribution in [-0.4, -0.2) is 94.3 Å². The highest BCUT2D eigenvalue weighted by Crippen LogP contribution is 2.37. The zero-order chi connectivity index (χ0) is 32.1. The molecule has 2 aliphatic heterocycles. The molecule has 45 heavy (non-hydrogen) atoms. The van der Waals surface area contributed by atoms with Crippen molar-refractivity contribution in [2.75, 3.05) is 45.2 Å². The number of nitrogens with one attached hydrogen (secondary N) is 1. The fourth-order valence-corrected chi connectivity index (χ4v) is 8.31. The quantitative estimate of drug-likeness (QED) is 0.213. The van der Waals surface area contributed by atoms with Gasteiger partial charge in [0.1, 0.15) is 18.5 Å². The van der Waals surface area contributed by atoms with Crippen LogP contribution in [0, 0.1) is 0 Å². The van der Waals surface area contributed by atoms with Crippen LogP contribution in [-0.2, 0) is 31.1 Å². The van der Waals surface area contributed by atoms with Crippen molar-refractivity contribution in [1.29, 1.82) is 0 Å². The predicted octanol–water partition coefficient (Wildman–Crippen LogP) is 1.92. The molecule has 0 aliphatic carbocycles. The van der Waals surface area contributed by atoms with E-state index in [1.54, 1.807) is 24.3 Å². The molecule has 0 aromatic heterocycles. The van der Waals surface area contributed by atoms with Crippen molar-refractivity contribution in [3.05, 3.63) is 78.4 Å². The van der Waals surface area contributed by atoms with E-state index < -0.39 is 38.2 Å². The van der Waals surface area contributed by atoms with E-state index in [0.717, 1.165) is 16.7 Å². The molecule has 0 amide bonds. The van der Waals surface area contributed by atoms with Crippen molar-refractivity contribution in [3.63, 3.8) is 0 Å². The maximum absolute atomic E-state index is 13.4. The number of aliphatic hydroxyl groups excluding tert-OH is 2. The summed E-state index contributed by atoms with van der Waals surface area (Å²) in [5.74, 6) is -0.0616. The lowest BCUT2D eigenvalue weighted by atomic mass is 9.88. The van der Waals surface area contributed by atoms with Gasteiger partial charge in [0.2, 0.25) is 10.0 Å². The highest BCUT2D eigenvalue weighted by molar-refractivity contribution is 7.91. The number of rotatable bonds is 13. The zero-order valence-electron chi connectivity index (χ0n) is 25.0. The Kier molecular flexibility index (Phi) is 10.6. The largest absolute Gasteiger partial charge is 0.491 e. The molecule has 13 heteroatoms. The first-order valence-corrected chi connectivity index (χ1v) is 18.1. The van der Waals surface area contributed by atoms with Gasteiger partial charge in [0.15, 0.2) is 9.84 Å². The molecule has 3 aromatic carbocycles. The molecule has 11 nitrogen and oxygen atoms in total. The number of sulfonamides is 1. The average Bonchev–Trinajstić information content (AvgIpc) is 3.45. The first-order valence-electron chi connectivity index (χ1n) is 15.1. The summed E-state index contributed by atoms with van der Waals surface area (Å²) in [4.78, 5) is 0.319. The van der Waals surface area contributed by atoms with Crippen LogP contribution in [0.2, 0.25) is 0 Å². The molecule has 0 radical (unpaired) electrons. The molecule has 2 heterocycles. The summed E-state index contributed by atoms with van der Waals surface area (Å²) >= 11 is 0. The average molecular weight is 660 g/mol. The Morgan fingerprint density at radius 3 is 2.29 bits per heavy atom. The van der Waals surface area contributed by atoms with Crippen molar-refractivity contribution in [2.45, 2.75) is 53.3 Å². The van der Waals surface area contributed by atoms with Crippen LogP contribution in [0.1, 0.15) is 24.8 Å². The van der Waals surface area contributed by atoms with Gasteiger partial charge in [-0.1, -0.05) is 42.5 Å². The molecule has 5 rings (SSSR count). The zero-order valence-corrected chi connectivity index (χ0v) is 26.7. The Balaban J connectivity index is 1.08. The Bertz CT molecular complexity index is 1640. The van der Waals surface area contributed by atoms with Gasteiger partial charge in [0.05, 0.1) is 34.4 Å². The van der Waals surface area contributed by atoms with Crippen LogP contribution in [0.3, 0.4) is 0 Å². The Labute approximate surface area is 264 Å². The van der Waals surface area contributed by atoms with Crippen molar-refractivity contribution < 1.29 is 36.5 Å². The number of sulfone groups is 1. The van der Waals surface area contributed by atoms with Gasteiger partial charge in [0, 0.05) is 32.2 Å². The van der Waals surface area contributed by atoms with Gasteiger partial charge in [-0.3, -0.25) is 0 Å². The number of piperidine rings is 1. The van der Waals surface area contributed by atoms with Crippen molar-refractivity contribution in [1.82, 2.24) is 9.62 Å². The second kappa shape index (κ2) is 14.3. The summed E-state index contributed by atoms with van der Waals surface area (Å²) in [7, 11) is -7.25. The minimum absolute atomic E-state index is 0.00113. The van der Waals surface area contributed by atoms with Crippen LogP contribution in [0.25, 0.3) is 11.1 Å². The lowest BCUT2D eigenvalue weighted by Gasteiger charge is -2.38. The summed E-state index contributed by atoms with van der Waals surface area (Å²) in [6.45, 7) is 1.39. The maximum atomic E-state index is 13.4. The van der Waals surface area contributed by atoms with Crippen molar-refractivity contribution in [2.24, 2.45) is 5.73 Å². The van der Waals surface area contributed by atoms with Crippen molar-refractivity contribution >= 4 is 19.9 Å². The second-order valence-electron chi connectivity index (χ2n) is 11.6. The molecule has 0 bridgehead atoms. The number of ether oxygens (including phenoxy) is 2. The van der Waals surface area contributed by atoms with E-state index >= 15 is 0 Å². The number of nitrogens with two attached hydrogens (primary N) is 1. The molecule has 0 saturated carbocycles. The first kappa shape index (κ1) is 33.5. The van der Waals surface area contributed by atoms with E-state index in [4.69, 9.17) is 20.3 Å². The maximum Gasteiger partial charge on any atom is 0.243 e. The van der Waals surface area contributed by atoms with E-state index in [0.29, 0.717) is 51.3 Å². The normalized spacial score (nSPS) is 19.5. The highest BCUT2D eigenvalue weighted by Gasteiger charge is 2.44. The van der Waals surface area contributed by atoms with E-state index in [-0.39, 0.29) is 34.7 Å². The predicted molar refractivity (Wildman–Crippen MR) is 170 cm³/mol. The number of benzene rings is 3. The van der Waals surface area contributed by atoms with Crippen LogP contribution in [0.15, 0.2) is 82.6 Å². The molecule has 1 unspecified atom stereocenters. The molecule has 5 N–H and O–H groups in total. The highest BCUT2D eigenvalue weighted by atomic mass is 32.2. The lowest BCUT2D eigenvalue weighted by molar-refractivity contribution is -0.0312. The van der Waals surface area contributed by atoms with Crippen LogP contribution >= 0.6 is 0 Å². The van der Waals surface area contributed by atoms with Crippen LogP contribution < -0.4 is 15.8 Å². The topological polar surface area (TPSA) is 168 Å². The van der Waals surface area contributed by atoms with E-state index in [1.807, 2.05) is 36.4 Å². The SMILES string of the molecule is NCc1ccc(-c2ccc(S(=O)(=O)N3CCC4(CC3)C[C@@H](NCC(O)COc3cccc(S(=O)(=O)CCO)c3)CO4)cc2)cc1. The van der Waals surface area contributed by atoms with Gasteiger partial charge in [-0.15, -0.1) is 0 Å². The third kappa shape index (κ3) is 8.10. The van der Waals surface area contributed by atoms with Gasteiger partial charge in [-0.25, -0.2) is 16.8 Å². The van der Waals surface area contributed by atoms with Gasteiger partial charge >= 0.3 is 0 Å². The van der Waals surface area contributed by atoms with Gasteiger partial charge in [-0.2, -0.15) is 4.31 Å². The minimum atomic E-state index is -3.64. The summed E-state index contributed by atoms with van der Waals surface area (Å²) in [5.41, 5.74) is 8.23. The smallest absolute Gasteiger partial charge is 0.243 e. The van der Waals surface area contributed by atoms with E-state index in [9.17, 15) is 21.9 Å². The van der Waals surface area contributed by atoms with Crippen LogP contribution in [0.5, 0.6) is 5.75 Å². The second-order valence-corrected chi connectivity index (χ2v) is 15.7. The minimum Gasteiger partial charge on any atom is -0.491 e. The Morgan fingerprint density at radius 2 is 1.64 bits per heavy atom. The van der Waals surface area contributed by atoms with Crippen LogP contribution in [0.4, 0.5) is 0 Å². The monoisotopic (exact) mass is 659 g/mol. The van der Waals surface area contributed by atoms with E-state index in [2.05, 4.69) is 5.32 Å². The molecular formula is C32H41N3O8S2. The molecule has 1 spiro atoms. The molecule has 3 aromatic rings. The summed E-state index contributed by atoms with van der Waals surface area (Å²) in [6.07, 6.45) is 1.02. The van der Waals surface area contributed by atoms with Crippen molar-refractivity contribution in [3.8, 4) is 16.9 Å². The fraction of sp³-hybridized carbons (Fsp3) is 0.438. The summed E-state index contributed by atoms with van der Waals surface area (Å²) < 4.78 is 64.5. The Morgan fingerprint density at radius 1 is 0.978 bits per heavy atom. The third-order valence-corrected chi connectivity index (χ3v) is 12.1. The summed E-state index contributed by atoms with van der Waals surface area (Å²) in [6, 6.07) is 20.8. The standard InChI is InChI=1S/C32H41N3O8S2/c33-20-24-4-6-25(7-5-24)26-8-10-30(11-9-26)45(40,41)35-14-12-32(13-15-35)19-27(22-43-32)34-21-28(37)23-42-29-2-1-3-31(18-29)44(38,39)17-16-36/h1-11,18,27-28,34,36-37H,12-17,19-23,33H2/t27-,28?/m1/s1. The number of nitrogens with zero attached hydrogens (tertiary/aromatic N) is 1. The summed E-state index contributed by atoms with van der Waals surface area (Å²) in [5, 5.41) is 22.8. The van der Waals surface area contributed by atoms with E-state index in [1.165, 1.54) is 16.4 Å². The first-order chi connectivity index (χ1) is 21.5. The molecular weight excluding hydrogens is 618 g/mol. The molecule has 2 fully saturated rings. The molecule has 2 atom stereocenters. The van der Waals surface area contributed by atoms with Gasteiger partial charge < -0.3 is 30.7 Å². The molecule has 2 saturated heterocycles. The number of hydrogen-bond donors (Lipinski definition) is 4. The molecule has 244 valence electrons. The fourth-order valence-electron chi connectivity index (χ4n) is 5.81. The van der Waals surface area contributed by atoms with Gasteiger partial charge in [0.25, 0.3) is 0 Å². The Hall–Kier alpha value is -2.88.